The molecule has 0 radical (unpaired) electrons. The SMILES string of the molecule is COC1=C2C(=O)C(=CC1=O)NC(=O)/C(C)=C/C=C\C(OC)[C@@H](OC(N)=O)/C(C)=C/[C@H](C)[C@H]1OC2[C@@H](C)C[C@@H]1OC. The molecule has 4 bridgehead atoms. The molecule has 0 aromatic rings. The molecular weight excluding hydrogens is 520 g/mol. The van der Waals surface area contributed by atoms with Crippen molar-refractivity contribution in [2.24, 2.45) is 17.6 Å². The van der Waals surface area contributed by atoms with Gasteiger partial charge in [0, 0.05) is 31.8 Å². The lowest BCUT2D eigenvalue weighted by molar-refractivity contribution is -0.155. The Morgan fingerprint density at radius 3 is 2.40 bits per heavy atom. The Bertz CT molecular complexity index is 1200. The van der Waals surface area contributed by atoms with E-state index >= 15 is 0 Å². The molecule has 0 aromatic carbocycles. The van der Waals surface area contributed by atoms with Gasteiger partial charge in [-0.2, -0.15) is 0 Å². The summed E-state index contributed by atoms with van der Waals surface area (Å²) in [6, 6.07) is 0. The van der Waals surface area contributed by atoms with Crippen LogP contribution >= 0.6 is 0 Å². The Balaban J connectivity index is 2.19. The van der Waals surface area contributed by atoms with Crippen LogP contribution in [-0.2, 0) is 38.1 Å². The topological polar surface area (TPSA) is 152 Å². The number of primary amides is 1. The van der Waals surface area contributed by atoms with E-state index in [0.29, 0.717) is 12.0 Å². The van der Waals surface area contributed by atoms with Crippen molar-refractivity contribution in [3.63, 3.8) is 0 Å². The molecule has 2 unspecified atom stereocenters. The quantitative estimate of drug-likeness (QED) is 0.391. The van der Waals surface area contributed by atoms with Gasteiger partial charge in [-0.3, -0.25) is 14.4 Å². The first-order valence-corrected chi connectivity index (χ1v) is 13.0. The van der Waals surface area contributed by atoms with Gasteiger partial charge in [0.25, 0.3) is 5.91 Å². The van der Waals surface area contributed by atoms with Crippen molar-refractivity contribution < 1.29 is 42.9 Å². The van der Waals surface area contributed by atoms with Crippen LogP contribution in [0.2, 0.25) is 0 Å². The van der Waals surface area contributed by atoms with E-state index in [2.05, 4.69) is 5.32 Å². The molecule has 1 aliphatic carbocycles. The molecule has 0 spiro atoms. The van der Waals surface area contributed by atoms with Crippen LogP contribution in [0.4, 0.5) is 4.79 Å². The van der Waals surface area contributed by atoms with Gasteiger partial charge >= 0.3 is 6.09 Å². The molecule has 0 aromatic heterocycles. The smallest absolute Gasteiger partial charge is 0.405 e. The highest BCUT2D eigenvalue weighted by molar-refractivity contribution is 6.23. The van der Waals surface area contributed by atoms with Gasteiger partial charge in [0.2, 0.25) is 11.6 Å². The Labute approximate surface area is 234 Å². The number of fused-ring (bicyclic) bond motifs is 5. The van der Waals surface area contributed by atoms with E-state index in [9.17, 15) is 19.2 Å². The van der Waals surface area contributed by atoms with Gasteiger partial charge in [0.05, 0.1) is 36.7 Å². The Hall–Kier alpha value is -3.54. The highest BCUT2D eigenvalue weighted by atomic mass is 16.6. The zero-order chi connectivity index (χ0) is 29.7. The highest BCUT2D eigenvalue weighted by Crippen LogP contribution is 2.38. The van der Waals surface area contributed by atoms with Crippen molar-refractivity contribution in [3.05, 3.63) is 58.6 Å². The number of amides is 2. The lowest BCUT2D eigenvalue weighted by atomic mass is 9.80. The number of hydrogen-bond donors (Lipinski definition) is 2. The number of carbonyl (C=O) groups excluding carboxylic acids is 4. The van der Waals surface area contributed by atoms with Gasteiger partial charge in [-0.25, -0.2) is 4.79 Å². The summed E-state index contributed by atoms with van der Waals surface area (Å²) in [7, 11) is 4.36. The van der Waals surface area contributed by atoms with Crippen LogP contribution in [0, 0.1) is 11.8 Å². The first-order chi connectivity index (χ1) is 18.9. The number of ketones is 2. The standard InChI is InChI=1S/C29H38N2O9/c1-14-9-8-10-20(36-5)24(40-29(30)35)15(2)11-16(3)25-21(37-6)12-17(4)26(39-25)22-23(33)18(31-28(14)34)13-19(32)27(22)38-7/h8-11,13,16-17,20-21,24-26H,12H2,1-7H3,(H2,30,35)(H,31,34)/b10-8-,14-9+,15-11+/t16-,17-,20?,21-,24-,25+,26?/m0/s1. The van der Waals surface area contributed by atoms with Gasteiger partial charge in [-0.1, -0.05) is 38.2 Å². The highest BCUT2D eigenvalue weighted by Gasteiger charge is 2.45. The lowest BCUT2D eigenvalue weighted by Gasteiger charge is -2.43. The number of methoxy groups -OCH3 is 3. The van der Waals surface area contributed by atoms with Crippen LogP contribution in [0.25, 0.3) is 0 Å². The van der Waals surface area contributed by atoms with Gasteiger partial charge in [-0.05, 0) is 31.8 Å². The van der Waals surface area contributed by atoms with E-state index in [-0.39, 0.29) is 40.5 Å². The molecule has 2 heterocycles. The lowest BCUT2D eigenvalue weighted by Crippen LogP contribution is -2.50. The largest absolute Gasteiger partial charge is 0.492 e. The average molecular weight is 559 g/mol. The summed E-state index contributed by atoms with van der Waals surface area (Å²) in [6.07, 6.45) is 3.87. The molecule has 3 aliphatic rings. The van der Waals surface area contributed by atoms with E-state index < -0.39 is 48.0 Å². The Kier molecular flexibility index (Phi) is 10.2. The molecule has 1 saturated heterocycles. The third-order valence-corrected chi connectivity index (χ3v) is 7.38. The summed E-state index contributed by atoms with van der Waals surface area (Å²) >= 11 is 0. The van der Waals surface area contributed by atoms with Gasteiger partial charge < -0.3 is 34.7 Å². The summed E-state index contributed by atoms with van der Waals surface area (Å²) in [6.45, 7) is 7.14. The molecule has 218 valence electrons. The number of Topliss-reactive ketones (excluding diaryl/α,β-unsaturated/α-hetero) is 1. The third kappa shape index (κ3) is 6.60. The summed E-state index contributed by atoms with van der Waals surface area (Å²) in [5, 5.41) is 2.55. The van der Waals surface area contributed by atoms with Crippen molar-refractivity contribution >= 4 is 23.6 Å². The van der Waals surface area contributed by atoms with Gasteiger partial charge in [0.15, 0.2) is 11.9 Å². The van der Waals surface area contributed by atoms with Crippen molar-refractivity contribution in [3.8, 4) is 0 Å². The molecule has 0 saturated carbocycles. The van der Waals surface area contributed by atoms with E-state index in [1.54, 1.807) is 33.1 Å². The van der Waals surface area contributed by atoms with Crippen LogP contribution in [0.5, 0.6) is 0 Å². The van der Waals surface area contributed by atoms with Crippen LogP contribution in [-0.4, -0.2) is 75.4 Å². The summed E-state index contributed by atoms with van der Waals surface area (Å²) in [4.78, 5) is 51.4. The zero-order valence-corrected chi connectivity index (χ0v) is 23.9. The van der Waals surface area contributed by atoms with Crippen LogP contribution in [0.1, 0.15) is 34.1 Å². The third-order valence-electron chi connectivity index (χ3n) is 7.38. The van der Waals surface area contributed by atoms with Crippen molar-refractivity contribution in [2.45, 2.75) is 64.6 Å². The normalized spacial score (nSPS) is 35.3. The van der Waals surface area contributed by atoms with E-state index in [0.717, 1.165) is 6.08 Å². The summed E-state index contributed by atoms with van der Waals surface area (Å²) in [5.74, 6) is -2.35. The monoisotopic (exact) mass is 558 g/mol. The van der Waals surface area contributed by atoms with E-state index in [1.807, 2.05) is 19.9 Å². The number of carbonyl (C=O) groups is 4. The van der Waals surface area contributed by atoms with Gasteiger partial charge in [0.1, 0.15) is 6.10 Å². The van der Waals surface area contributed by atoms with E-state index in [1.165, 1.54) is 20.3 Å². The fourth-order valence-electron chi connectivity index (χ4n) is 5.32. The molecule has 3 rings (SSSR count). The van der Waals surface area contributed by atoms with Crippen LogP contribution in [0.15, 0.2) is 58.6 Å². The van der Waals surface area contributed by atoms with Gasteiger partial charge in [-0.15, -0.1) is 0 Å². The van der Waals surface area contributed by atoms with Crippen LogP contribution in [0.3, 0.4) is 0 Å². The predicted molar refractivity (Wildman–Crippen MR) is 145 cm³/mol. The average Bonchev–Trinajstić information content (AvgIpc) is 2.90. The minimum Gasteiger partial charge on any atom is -0.492 e. The van der Waals surface area contributed by atoms with E-state index in [4.69, 9.17) is 29.4 Å². The molecule has 7 atom stereocenters. The molecule has 40 heavy (non-hydrogen) atoms. The fourth-order valence-corrected chi connectivity index (χ4v) is 5.32. The molecule has 1 fully saturated rings. The molecule has 2 amide bonds. The minimum atomic E-state index is -0.974. The predicted octanol–water partition coefficient (Wildman–Crippen LogP) is 2.42. The second-order valence-corrected chi connectivity index (χ2v) is 10.2. The first-order valence-electron chi connectivity index (χ1n) is 13.0. The van der Waals surface area contributed by atoms with Crippen molar-refractivity contribution in [1.82, 2.24) is 5.32 Å². The maximum Gasteiger partial charge on any atom is 0.405 e. The molecule has 3 N–H and O–H groups in total. The second-order valence-electron chi connectivity index (χ2n) is 10.2. The maximum atomic E-state index is 13.7. The molecule has 11 heteroatoms. The minimum absolute atomic E-state index is 0.0467. The number of nitrogens with one attached hydrogen (secondary N) is 1. The molecule has 11 nitrogen and oxygen atoms in total. The fraction of sp³-hybridized carbons (Fsp3) is 0.517. The van der Waals surface area contributed by atoms with Crippen molar-refractivity contribution in [2.75, 3.05) is 21.3 Å². The maximum absolute atomic E-state index is 13.7. The first kappa shape index (κ1) is 31.0. The zero-order valence-electron chi connectivity index (χ0n) is 23.9. The molecule has 2 aliphatic heterocycles. The summed E-state index contributed by atoms with van der Waals surface area (Å²) in [5.41, 5.74) is 6.15. The second kappa shape index (κ2) is 13.2. The van der Waals surface area contributed by atoms with Crippen LogP contribution < -0.4 is 11.1 Å². The molecular formula is C29H38N2O9. The number of rotatable bonds is 4. The number of allylic oxidation sites excluding steroid dienone is 4. The Morgan fingerprint density at radius 2 is 1.80 bits per heavy atom. The van der Waals surface area contributed by atoms with Crippen molar-refractivity contribution in [1.29, 1.82) is 0 Å². The summed E-state index contributed by atoms with van der Waals surface area (Å²) < 4.78 is 28.7. The number of nitrogens with two attached hydrogens (primary N) is 1. The number of hydrogen-bond acceptors (Lipinski definition) is 9. The Morgan fingerprint density at radius 1 is 1.10 bits per heavy atom. The number of ether oxygens (including phenoxy) is 5.